The monoisotopic (exact) mass is 441 g/mol. The zero-order valence-electron chi connectivity index (χ0n) is 14.2. The summed E-state index contributed by atoms with van der Waals surface area (Å²) in [6, 6.07) is 13.7. The summed E-state index contributed by atoms with van der Waals surface area (Å²) in [4.78, 5) is 4.37. The summed E-state index contributed by atoms with van der Waals surface area (Å²) in [5.74, 6) is 1.97. The first-order valence-electron chi connectivity index (χ1n) is 7.47. The molecule has 0 amide bonds. The second kappa shape index (κ2) is 10.0. The fourth-order valence-corrected chi connectivity index (χ4v) is 2.32. The zero-order valence-corrected chi connectivity index (χ0v) is 16.5. The van der Waals surface area contributed by atoms with Crippen LogP contribution in [-0.4, -0.2) is 26.7 Å². The maximum atomic E-state index is 5.95. The van der Waals surface area contributed by atoms with Crippen LogP contribution < -0.4 is 20.5 Å². The second-order valence-corrected chi connectivity index (χ2v) is 5.16. The molecule has 6 heteroatoms. The van der Waals surface area contributed by atoms with E-state index in [4.69, 9.17) is 15.2 Å². The number of hydrogen-bond acceptors (Lipinski definition) is 3. The Kier molecular flexibility index (Phi) is 8.39. The van der Waals surface area contributed by atoms with Gasteiger partial charge >= 0.3 is 0 Å². The molecule has 0 radical (unpaired) electrons. The lowest BCUT2D eigenvalue weighted by atomic mass is 10.1. The summed E-state index contributed by atoms with van der Waals surface area (Å²) in [6.07, 6.45) is 0.763. The molecule has 0 aromatic heterocycles. The Morgan fingerprint density at radius 3 is 2.50 bits per heavy atom. The summed E-state index contributed by atoms with van der Waals surface area (Å²) in [5.41, 5.74) is 9.07. The van der Waals surface area contributed by atoms with Crippen LogP contribution in [0.15, 0.2) is 47.5 Å². The summed E-state index contributed by atoms with van der Waals surface area (Å²) < 4.78 is 10.6. The minimum absolute atomic E-state index is 0. The third-order valence-electron chi connectivity index (χ3n) is 3.47. The number of rotatable bonds is 6. The number of aryl methyl sites for hydroxylation is 1. The molecule has 0 saturated heterocycles. The minimum atomic E-state index is 0. The fraction of sp³-hybridized carbons (Fsp3) is 0.278. The van der Waals surface area contributed by atoms with Crippen molar-refractivity contribution in [1.82, 2.24) is 0 Å². The highest BCUT2D eigenvalue weighted by Gasteiger charge is 2.04. The van der Waals surface area contributed by atoms with Gasteiger partial charge in [0.05, 0.1) is 19.9 Å². The Morgan fingerprint density at radius 2 is 1.79 bits per heavy atom. The zero-order chi connectivity index (χ0) is 16.7. The first-order chi connectivity index (χ1) is 11.1. The molecule has 0 heterocycles. The van der Waals surface area contributed by atoms with E-state index in [9.17, 15) is 0 Å². The molecule has 0 saturated carbocycles. The van der Waals surface area contributed by atoms with Crippen molar-refractivity contribution in [1.29, 1.82) is 0 Å². The molecule has 130 valence electrons. The van der Waals surface area contributed by atoms with Gasteiger partial charge in [0.25, 0.3) is 0 Å². The number of aliphatic imine (C=N–C) groups is 1. The number of nitrogens with one attached hydrogen (secondary N) is 1. The largest absolute Gasteiger partial charge is 0.496 e. The van der Waals surface area contributed by atoms with Crippen molar-refractivity contribution >= 4 is 35.6 Å². The predicted molar refractivity (Wildman–Crippen MR) is 110 cm³/mol. The number of benzene rings is 2. The number of nitrogens with zero attached hydrogens (tertiary/aromatic N) is 1. The quantitative estimate of drug-likeness (QED) is 0.409. The Bertz CT molecular complexity index is 690. The number of hydrogen-bond donors (Lipinski definition) is 2. The number of methoxy groups -OCH3 is 2. The van der Waals surface area contributed by atoms with Gasteiger partial charge in [-0.15, -0.1) is 24.0 Å². The molecule has 0 unspecified atom stereocenters. The summed E-state index contributed by atoms with van der Waals surface area (Å²) in [7, 11) is 3.30. The van der Waals surface area contributed by atoms with Crippen LogP contribution >= 0.6 is 24.0 Å². The normalized spacial score (nSPS) is 10.7. The molecule has 2 rings (SSSR count). The molecular formula is C18H24IN3O2. The Morgan fingerprint density at radius 1 is 1.08 bits per heavy atom. The van der Waals surface area contributed by atoms with E-state index >= 15 is 0 Å². The van der Waals surface area contributed by atoms with Crippen molar-refractivity contribution in [2.24, 2.45) is 10.7 Å². The van der Waals surface area contributed by atoms with Gasteiger partial charge in [-0.3, -0.25) is 4.99 Å². The topological polar surface area (TPSA) is 68.9 Å². The van der Waals surface area contributed by atoms with Gasteiger partial charge in [0, 0.05) is 6.54 Å². The molecule has 0 fully saturated rings. The van der Waals surface area contributed by atoms with Gasteiger partial charge < -0.3 is 20.5 Å². The molecule has 2 aromatic carbocycles. The number of anilines is 1. The highest BCUT2D eigenvalue weighted by atomic mass is 127. The van der Waals surface area contributed by atoms with Crippen LogP contribution in [-0.2, 0) is 6.42 Å². The van der Waals surface area contributed by atoms with Crippen LogP contribution in [0, 0.1) is 6.92 Å². The molecule has 0 atom stereocenters. The number of halogens is 1. The summed E-state index contributed by atoms with van der Waals surface area (Å²) in [5, 5.41) is 3.06. The molecule has 0 aliphatic carbocycles. The number of nitrogens with two attached hydrogens (primary N) is 1. The predicted octanol–water partition coefficient (Wildman–Crippen LogP) is 3.60. The average molecular weight is 441 g/mol. The molecule has 24 heavy (non-hydrogen) atoms. The lowest BCUT2D eigenvalue weighted by Crippen LogP contribution is -2.23. The van der Waals surface area contributed by atoms with Crippen molar-refractivity contribution in [3.8, 4) is 11.5 Å². The van der Waals surface area contributed by atoms with Gasteiger partial charge in [0.1, 0.15) is 11.5 Å². The van der Waals surface area contributed by atoms with Crippen molar-refractivity contribution in [3.05, 3.63) is 53.6 Å². The van der Waals surface area contributed by atoms with Gasteiger partial charge in [-0.05, 0) is 37.1 Å². The van der Waals surface area contributed by atoms with E-state index in [1.165, 1.54) is 5.56 Å². The number of ether oxygens (including phenoxy) is 2. The summed E-state index contributed by atoms with van der Waals surface area (Å²) in [6.45, 7) is 2.64. The molecule has 0 bridgehead atoms. The van der Waals surface area contributed by atoms with E-state index in [1.807, 2.05) is 36.4 Å². The standard InChI is InChI=1S/C18H23N3O2.HI/c1-13-8-9-16(22-2)14(12-13)10-11-20-18(19)21-15-6-4-5-7-17(15)23-3;/h4-9,12H,10-11H2,1-3H3,(H3,19,20,21);1H. The van der Waals surface area contributed by atoms with Crippen LogP contribution in [0.2, 0.25) is 0 Å². The van der Waals surface area contributed by atoms with E-state index in [0.717, 1.165) is 29.2 Å². The van der Waals surface area contributed by atoms with Gasteiger partial charge in [-0.25, -0.2) is 0 Å². The Hall–Kier alpha value is -1.96. The molecular weight excluding hydrogens is 417 g/mol. The van der Waals surface area contributed by atoms with Crippen molar-refractivity contribution in [2.45, 2.75) is 13.3 Å². The first kappa shape index (κ1) is 20.1. The minimum Gasteiger partial charge on any atom is -0.496 e. The molecule has 0 aliphatic rings. The molecule has 5 nitrogen and oxygen atoms in total. The average Bonchev–Trinajstić information content (AvgIpc) is 2.55. The number of guanidine groups is 1. The van der Waals surface area contributed by atoms with E-state index in [1.54, 1.807) is 14.2 Å². The maximum Gasteiger partial charge on any atom is 0.193 e. The van der Waals surface area contributed by atoms with Crippen molar-refractivity contribution in [3.63, 3.8) is 0 Å². The number of para-hydroxylation sites is 2. The molecule has 3 N–H and O–H groups in total. The first-order valence-corrected chi connectivity index (χ1v) is 7.47. The third kappa shape index (κ3) is 5.59. The van der Waals surface area contributed by atoms with Crippen LogP contribution in [0.3, 0.4) is 0 Å². The second-order valence-electron chi connectivity index (χ2n) is 5.16. The van der Waals surface area contributed by atoms with Gasteiger partial charge in [-0.1, -0.05) is 29.8 Å². The van der Waals surface area contributed by atoms with E-state index in [0.29, 0.717) is 12.5 Å². The smallest absolute Gasteiger partial charge is 0.193 e. The van der Waals surface area contributed by atoms with E-state index in [-0.39, 0.29) is 24.0 Å². The van der Waals surface area contributed by atoms with Gasteiger partial charge in [0.15, 0.2) is 5.96 Å². The van der Waals surface area contributed by atoms with Crippen LogP contribution in [0.25, 0.3) is 0 Å². The van der Waals surface area contributed by atoms with Crippen LogP contribution in [0.1, 0.15) is 11.1 Å². The summed E-state index contributed by atoms with van der Waals surface area (Å²) >= 11 is 0. The SMILES string of the molecule is COc1ccc(C)cc1CCN=C(N)Nc1ccccc1OC.I. The van der Waals surface area contributed by atoms with E-state index in [2.05, 4.69) is 23.3 Å². The van der Waals surface area contributed by atoms with Crippen LogP contribution in [0.4, 0.5) is 5.69 Å². The van der Waals surface area contributed by atoms with E-state index < -0.39 is 0 Å². The van der Waals surface area contributed by atoms with Crippen LogP contribution in [0.5, 0.6) is 11.5 Å². The van der Waals surface area contributed by atoms with Gasteiger partial charge in [0.2, 0.25) is 0 Å². The van der Waals surface area contributed by atoms with Gasteiger partial charge in [-0.2, -0.15) is 0 Å². The molecule has 2 aromatic rings. The van der Waals surface area contributed by atoms with Crippen molar-refractivity contribution in [2.75, 3.05) is 26.1 Å². The lowest BCUT2D eigenvalue weighted by molar-refractivity contribution is 0.409. The molecule has 0 aliphatic heterocycles. The maximum absolute atomic E-state index is 5.95. The third-order valence-corrected chi connectivity index (χ3v) is 3.47. The Balaban J connectivity index is 0.00000288. The lowest BCUT2D eigenvalue weighted by Gasteiger charge is -2.11. The molecule has 0 spiro atoms. The fourth-order valence-electron chi connectivity index (χ4n) is 2.32. The highest BCUT2D eigenvalue weighted by Crippen LogP contribution is 2.23. The Labute approximate surface area is 160 Å². The van der Waals surface area contributed by atoms with Crippen molar-refractivity contribution < 1.29 is 9.47 Å². The highest BCUT2D eigenvalue weighted by molar-refractivity contribution is 14.0.